The summed E-state index contributed by atoms with van der Waals surface area (Å²) in [6, 6.07) is 5.59. The molecule has 5 nitrogen and oxygen atoms in total. The fourth-order valence-electron chi connectivity index (χ4n) is 1.98. The molecule has 0 saturated carbocycles. The zero-order chi connectivity index (χ0) is 14.2. The van der Waals surface area contributed by atoms with Crippen LogP contribution < -0.4 is 5.32 Å². The van der Waals surface area contributed by atoms with Gasteiger partial charge in [0.15, 0.2) is 0 Å². The molecule has 1 aromatic carbocycles. The molecule has 0 unspecified atom stereocenters. The quantitative estimate of drug-likeness (QED) is 0.727. The van der Waals surface area contributed by atoms with Crippen LogP contribution in [0.15, 0.2) is 24.4 Å². The Morgan fingerprint density at radius 1 is 1.35 bits per heavy atom. The van der Waals surface area contributed by atoms with E-state index in [-0.39, 0.29) is 5.91 Å². The highest BCUT2D eigenvalue weighted by Crippen LogP contribution is 2.15. The first-order valence-electron chi connectivity index (χ1n) is 7.11. The van der Waals surface area contributed by atoms with Gasteiger partial charge in [0.1, 0.15) is 0 Å². The van der Waals surface area contributed by atoms with E-state index in [2.05, 4.69) is 22.4 Å². The number of amides is 1. The summed E-state index contributed by atoms with van der Waals surface area (Å²) in [5.74, 6) is -0.0755. The zero-order valence-electron chi connectivity index (χ0n) is 11.8. The third-order valence-electron chi connectivity index (χ3n) is 3.11. The Labute approximate surface area is 118 Å². The fourth-order valence-corrected chi connectivity index (χ4v) is 1.98. The Bertz CT molecular complexity index is 551. The van der Waals surface area contributed by atoms with E-state index >= 15 is 0 Å². The van der Waals surface area contributed by atoms with Crippen molar-refractivity contribution in [2.75, 3.05) is 19.8 Å². The number of aromatic amines is 1. The van der Waals surface area contributed by atoms with Crippen molar-refractivity contribution in [3.63, 3.8) is 0 Å². The Balaban J connectivity index is 1.76. The van der Waals surface area contributed by atoms with E-state index in [0.29, 0.717) is 18.7 Å². The molecule has 0 spiro atoms. The molecule has 5 heteroatoms. The summed E-state index contributed by atoms with van der Waals surface area (Å²) in [5, 5.41) is 10.7. The van der Waals surface area contributed by atoms with Crippen LogP contribution in [-0.4, -0.2) is 35.9 Å². The Morgan fingerprint density at radius 3 is 3.05 bits per heavy atom. The number of H-pyrrole nitrogens is 1. The summed E-state index contributed by atoms with van der Waals surface area (Å²) in [4.78, 5) is 12.1. The van der Waals surface area contributed by atoms with Crippen LogP contribution >= 0.6 is 0 Å². The standard InChI is InChI=1S/C15H21N3O2/c1-2-3-9-20-10-5-8-16-15(19)13-7-4-6-12-11-17-18-14(12)13/h4,6-7,11H,2-3,5,8-10H2,1H3,(H,16,19)(H,17,18). The monoisotopic (exact) mass is 275 g/mol. The minimum atomic E-state index is -0.0755. The number of unbranched alkanes of at least 4 members (excludes halogenated alkanes) is 1. The Hall–Kier alpha value is -1.88. The summed E-state index contributed by atoms with van der Waals surface area (Å²) in [6.45, 7) is 4.25. The van der Waals surface area contributed by atoms with Gasteiger partial charge in [-0.25, -0.2) is 0 Å². The number of hydrogen-bond acceptors (Lipinski definition) is 3. The number of fused-ring (bicyclic) bond motifs is 1. The number of nitrogens with zero attached hydrogens (tertiary/aromatic N) is 1. The van der Waals surface area contributed by atoms with Gasteiger partial charge in [-0.3, -0.25) is 9.89 Å². The molecule has 108 valence electrons. The SMILES string of the molecule is CCCCOCCCNC(=O)c1cccc2cn[nH]c12. The van der Waals surface area contributed by atoms with E-state index in [1.54, 1.807) is 12.3 Å². The van der Waals surface area contributed by atoms with Crippen LogP contribution in [0.3, 0.4) is 0 Å². The summed E-state index contributed by atoms with van der Waals surface area (Å²) in [5.41, 5.74) is 1.41. The van der Waals surface area contributed by atoms with Crippen molar-refractivity contribution in [1.29, 1.82) is 0 Å². The van der Waals surface area contributed by atoms with Gasteiger partial charge in [0, 0.05) is 25.1 Å². The van der Waals surface area contributed by atoms with E-state index < -0.39 is 0 Å². The topological polar surface area (TPSA) is 67.0 Å². The number of aromatic nitrogens is 2. The molecule has 2 rings (SSSR count). The van der Waals surface area contributed by atoms with E-state index in [4.69, 9.17) is 4.74 Å². The van der Waals surface area contributed by atoms with Crippen molar-refractivity contribution in [3.8, 4) is 0 Å². The summed E-state index contributed by atoms with van der Waals surface area (Å²) in [6.07, 6.45) is 4.78. The van der Waals surface area contributed by atoms with Crippen molar-refractivity contribution in [2.24, 2.45) is 0 Å². The summed E-state index contributed by atoms with van der Waals surface area (Å²) in [7, 11) is 0. The third kappa shape index (κ3) is 3.81. The van der Waals surface area contributed by atoms with Gasteiger partial charge in [0.2, 0.25) is 0 Å². The van der Waals surface area contributed by atoms with E-state index in [9.17, 15) is 4.79 Å². The molecule has 0 saturated heterocycles. The molecule has 0 radical (unpaired) electrons. The Morgan fingerprint density at radius 2 is 2.20 bits per heavy atom. The van der Waals surface area contributed by atoms with Crippen molar-refractivity contribution in [2.45, 2.75) is 26.2 Å². The second-order valence-corrected chi connectivity index (χ2v) is 4.72. The minimum Gasteiger partial charge on any atom is -0.381 e. The molecule has 0 bridgehead atoms. The van der Waals surface area contributed by atoms with Gasteiger partial charge in [-0.2, -0.15) is 5.10 Å². The Kier molecular flexibility index (Phi) is 5.55. The maximum Gasteiger partial charge on any atom is 0.253 e. The molecule has 0 atom stereocenters. The summed E-state index contributed by atoms with van der Waals surface area (Å²) < 4.78 is 5.45. The van der Waals surface area contributed by atoms with E-state index in [1.807, 2.05) is 12.1 Å². The third-order valence-corrected chi connectivity index (χ3v) is 3.11. The first-order chi connectivity index (χ1) is 9.83. The lowest BCUT2D eigenvalue weighted by molar-refractivity contribution is 0.0942. The van der Waals surface area contributed by atoms with Crippen molar-refractivity contribution in [3.05, 3.63) is 30.0 Å². The van der Waals surface area contributed by atoms with Crippen molar-refractivity contribution in [1.82, 2.24) is 15.5 Å². The van der Waals surface area contributed by atoms with Crippen LogP contribution in [-0.2, 0) is 4.74 Å². The highest BCUT2D eigenvalue weighted by atomic mass is 16.5. The first-order valence-corrected chi connectivity index (χ1v) is 7.11. The lowest BCUT2D eigenvalue weighted by Gasteiger charge is -2.06. The van der Waals surface area contributed by atoms with Crippen molar-refractivity contribution < 1.29 is 9.53 Å². The fraction of sp³-hybridized carbons (Fsp3) is 0.467. The molecule has 2 N–H and O–H groups in total. The van der Waals surface area contributed by atoms with Crippen molar-refractivity contribution >= 4 is 16.8 Å². The number of nitrogens with one attached hydrogen (secondary N) is 2. The first kappa shape index (κ1) is 14.5. The molecule has 20 heavy (non-hydrogen) atoms. The largest absolute Gasteiger partial charge is 0.381 e. The second-order valence-electron chi connectivity index (χ2n) is 4.72. The van der Waals surface area contributed by atoms with Crippen LogP contribution in [0, 0.1) is 0 Å². The van der Waals surface area contributed by atoms with Crippen LogP contribution in [0.25, 0.3) is 10.9 Å². The maximum absolute atomic E-state index is 12.1. The van der Waals surface area contributed by atoms with Crippen LogP contribution in [0.2, 0.25) is 0 Å². The molecule has 1 amide bonds. The number of ether oxygens (including phenoxy) is 1. The molecule has 1 heterocycles. The summed E-state index contributed by atoms with van der Waals surface area (Å²) >= 11 is 0. The van der Waals surface area contributed by atoms with E-state index in [0.717, 1.165) is 36.8 Å². The molecule has 1 aromatic heterocycles. The lowest BCUT2D eigenvalue weighted by Crippen LogP contribution is -2.25. The predicted molar refractivity (Wildman–Crippen MR) is 78.8 cm³/mol. The average Bonchev–Trinajstić information content (AvgIpc) is 2.94. The maximum atomic E-state index is 12.1. The van der Waals surface area contributed by atoms with Gasteiger partial charge in [-0.15, -0.1) is 0 Å². The number of rotatable bonds is 8. The highest BCUT2D eigenvalue weighted by Gasteiger charge is 2.10. The van der Waals surface area contributed by atoms with Crippen LogP contribution in [0.5, 0.6) is 0 Å². The highest BCUT2D eigenvalue weighted by molar-refractivity contribution is 6.05. The van der Waals surface area contributed by atoms with E-state index in [1.165, 1.54) is 0 Å². The zero-order valence-corrected chi connectivity index (χ0v) is 11.8. The predicted octanol–water partition coefficient (Wildman–Crippen LogP) is 2.50. The molecular formula is C15H21N3O2. The number of carbonyl (C=O) groups is 1. The van der Waals surface area contributed by atoms with Gasteiger partial charge in [0.05, 0.1) is 17.3 Å². The minimum absolute atomic E-state index is 0.0755. The molecule has 0 aliphatic carbocycles. The molecule has 0 aliphatic rings. The molecular weight excluding hydrogens is 254 g/mol. The lowest BCUT2D eigenvalue weighted by atomic mass is 10.1. The molecule has 0 aliphatic heterocycles. The van der Waals surface area contributed by atoms with Gasteiger partial charge in [-0.1, -0.05) is 25.5 Å². The van der Waals surface area contributed by atoms with Gasteiger partial charge >= 0.3 is 0 Å². The van der Waals surface area contributed by atoms with Crippen LogP contribution in [0.1, 0.15) is 36.5 Å². The smallest absolute Gasteiger partial charge is 0.253 e. The number of carbonyl (C=O) groups excluding carboxylic acids is 1. The number of benzene rings is 1. The number of para-hydroxylation sites is 1. The van der Waals surface area contributed by atoms with Gasteiger partial charge in [-0.05, 0) is 18.9 Å². The van der Waals surface area contributed by atoms with Crippen LogP contribution in [0.4, 0.5) is 0 Å². The molecule has 2 aromatic rings. The average molecular weight is 275 g/mol. The van der Waals surface area contributed by atoms with Gasteiger partial charge < -0.3 is 10.1 Å². The second kappa shape index (κ2) is 7.65. The van der Waals surface area contributed by atoms with Gasteiger partial charge in [0.25, 0.3) is 5.91 Å². The number of hydrogen-bond donors (Lipinski definition) is 2. The normalized spacial score (nSPS) is 10.8. The molecule has 0 fully saturated rings.